The molecule has 0 N–H and O–H groups in total. The molecular formula is C23H29NO3. The summed E-state index contributed by atoms with van der Waals surface area (Å²) in [6.07, 6.45) is 3.32. The van der Waals surface area contributed by atoms with Gasteiger partial charge in [0.1, 0.15) is 11.5 Å². The Balaban J connectivity index is 1.73. The van der Waals surface area contributed by atoms with E-state index in [0.717, 1.165) is 42.9 Å². The predicted molar refractivity (Wildman–Crippen MR) is 107 cm³/mol. The molecule has 1 unspecified atom stereocenters. The lowest BCUT2D eigenvalue weighted by molar-refractivity contribution is -0.132. The molecule has 1 aliphatic rings. The Bertz CT molecular complexity index is 815. The molecule has 3 rings (SSSR count). The Morgan fingerprint density at radius 1 is 1.11 bits per heavy atom. The molecule has 0 saturated carbocycles. The van der Waals surface area contributed by atoms with E-state index in [1.807, 2.05) is 23.1 Å². The Hall–Kier alpha value is -2.49. The third-order valence-electron chi connectivity index (χ3n) is 5.48. The zero-order chi connectivity index (χ0) is 19.4. The summed E-state index contributed by atoms with van der Waals surface area (Å²) < 4.78 is 10.9. The second-order valence-corrected chi connectivity index (χ2v) is 7.28. The fourth-order valence-corrected chi connectivity index (χ4v) is 3.99. The van der Waals surface area contributed by atoms with E-state index in [9.17, 15) is 4.79 Å². The van der Waals surface area contributed by atoms with E-state index in [0.29, 0.717) is 6.42 Å². The molecule has 27 heavy (non-hydrogen) atoms. The van der Waals surface area contributed by atoms with Crippen molar-refractivity contribution in [2.75, 3.05) is 20.8 Å². The molecule has 2 aromatic carbocycles. The van der Waals surface area contributed by atoms with Crippen LogP contribution in [0, 0.1) is 13.8 Å². The maximum Gasteiger partial charge on any atom is 0.223 e. The van der Waals surface area contributed by atoms with Gasteiger partial charge in [-0.05, 0) is 56.4 Å². The molecule has 0 aromatic heterocycles. The smallest absolute Gasteiger partial charge is 0.223 e. The molecule has 1 aliphatic heterocycles. The summed E-state index contributed by atoms with van der Waals surface area (Å²) in [4.78, 5) is 15.0. The molecule has 2 aromatic rings. The molecule has 1 saturated heterocycles. The van der Waals surface area contributed by atoms with E-state index in [-0.39, 0.29) is 11.9 Å². The first-order valence-electron chi connectivity index (χ1n) is 9.61. The quantitative estimate of drug-likeness (QED) is 0.748. The summed E-state index contributed by atoms with van der Waals surface area (Å²) in [6.45, 7) is 5.03. The third-order valence-corrected chi connectivity index (χ3v) is 5.48. The number of aryl methyl sites for hydroxylation is 3. The van der Waals surface area contributed by atoms with Crippen LogP contribution in [0.15, 0.2) is 36.4 Å². The van der Waals surface area contributed by atoms with Crippen LogP contribution < -0.4 is 9.47 Å². The summed E-state index contributed by atoms with van der Waals surface area (Å²) in [5, 5.41) is 0. The topological polar surface area (TPSA) is 38.8 Å². The van der Waals surface area contributed by atoms with Crippen molar-refractivity contribution in [3.63, 3.8) is 0 Å². The Labute approximate surface area is 162 Å². The van der Waals surface area contributed by atoms with Gasteiger partial charge in [-0.25, -0.2) is 0 Å². The standard InChI is InChI=1S/C23H29NO3/c1-16-7-8-18(17(2)14-16)9-12-23(25)24-13-5-6-21(24)20-11-10-19(26-3)15-22(20)27-4/h7-8,10-11,14-15,21H,5-6,9,12-13H2,1-4H3. The number of hydrogen-bond donors (Lipinski definition) is 0. The molecule has 144 valence electrons. The Morgan fingerprint density at radius 2 is 1.93 bits per heavy atom. The molecule has 1 amide bonds. The van der Waals surface area contributed by atoms with Crippen LogP contribution in [0.25, 0.3) is 0 Å². The van der Waals surface area contributed by atoms with Crippen LogP contribution in [-0.4, -0.2) is 31.6 Å². The van der Waals surface area contributed by atoms with Crippen molar-refractivity contribution in [1.82, 2.24) is 4.90 Å². The van der Waals surface area contributed by atoms with E-state index in [4.69, 9.17) is 9.47 Å². The van der Waals surface area contributed by atoms with Gasteiger partial charge in [0.15, 0.2) is 0 Å². The van der Waals surface area contributed by atoms with Crippen LogP contribution in [0.4, 0.5) is 0 Å². The highest BCUT2D eigenvalue weighted by atomic mass is 16.5. The van der Waals surface area contributed by atoms with Crippen molar-refractivity contribution in [3.8, 4) is 11.5 Å². The minimum atomic E-state index is 0.0810. The van der Waals surface area contributed by atoms with Gasteiger partial charge in [-0.3, -0.25) is 4.79 Å². The van der Waals surface area contributed by atoms with E-state index in [2.05, 4.69) is 32.0 Å². The Morgan fingerprint density at radius 3 is 2.63 bits per heavy atom. The summed E-state index contributed by atoms with van der Waals surface area (Å²) >= 11 is 0. The van der Waals surface area contributed by atoms with Crippen molar-refractivity contribution in [1.29, 1.82) is 0 Å². The van der Waals surface area contributed by atoms with E-state index in [1.165, 1.54) is 16.7 Å². The van der Waals surface area contributed by atoms with Crippen molar-refractivity contribution in [3.05, 3.63) is 58.7 Å². The van der Waals surface area contributed by atoms with Gasteiger partial charge in [0.2, 0.25) is 5.91 Å². The molecule has 4 heteroatoms. The SMILES string of the molecule is COc1ccc(C2CCCN2C(=O)CCc2ccc(C)cc2C)c(OC)c1. The molecule has 0 aliphatic carbocycles. The number of carbonyl (C=O) groups is 1. The predicted octanol–water partition coefficient (Wildman–Crippen LogP) is 4.62. The molecule has 0 radical (unpaired) electrons. The largest absolute Gasteiger partial charge is 0.497 e. The van der Waals surface area contributed by atoms with Crippen molar-refractivity contribution in [2.45, 2.75) is 45.6 Å². The first-order valence-corrected chi connectivity index (χ1v) is 9.61. The van der Waals surface area contributed by atoms with Crippen LogP contribution >= 0.6 is 0 Å². The fourth-order valence-electron chi connectivity index (χ4n) is 3.99. The van der Waals surface area contributed by atoms with Gasteiger partial charge in [-0.15, -0.1) is 0 Å². The molecule has 4 nitrogen and oxygen atoms in total. The average molecular weight is 367 g/mol. The number of benzene rings is 2. The van der Waals surface area contributed by atoms with E-state index in [1.54, 1.807) is 14.2 Å². The summed E-state index contributed by atoms with van der Waals surface area (Å²) in [5.74, 6) is 1.77. The second-order valence-electron chi connectivity index (χ2n) is 7.28. The van der Waals surface area contributed by atoms with Gasteiger partial charge >= 0.3 is 0 Å². The summed E-state index contributed by atoms with van der Waals surface area (Å²) in [6, 6.07) is 12.4. The lowest BCUT2D eigenvalue weighted by Gasteiger charge is -2.27. The van der Waals surface area contributed by atoms with Crippen LogP contribution in [-0.2, 0) is 11.2 Å². The maximum atomic E-state index is 13.0. The highest BCUT2D eigenvalue weighted by Crippen LogP contribution is 2.39. The number of rotatable bonds is 6. The van der Waals surface area contributed by atoms with Gasteiger partial charge in [0, 0.05) is 24.6 Å². The number of hydrogen-bond acceptors (Lipinski definition) is 3. The monoisotopic (exact) mass is 367 g/mol. The highest BCUT2D eigenvalue weighted by molar-refractivity contribution is 5.77. The molecule has 1 fully saturated rings. The molecule has 1 atom stereocenters. The summed E-state index contributed by atoms with van der Waals surface area (Å²) in [7, 11) is 3.31. The van der Waals surface area contributed by atoms with Crippen LogP contribution in [0.1, 0.15) is 47.6 Å². The normalized spacial score (nSPS) is 16.4. The van der Waals surface area contributed by atoms with Gasteiger partial charge in [0.25, 0.3) is 0 Å². The second kappa shape index (κ2) is 8.47. The molecule has 0 bridgehead atoms. The highest BCUT2D eigenvalue weighted by Gasteiger charge is 2.31. The number of ether oxygens (including phenoxy) is 2. The minimum absolute atomic E-state index is 0.0810. The lowest BCUT2D eigenvalue weighted by atomic mass is 10.00. The molecule has 1 heterocycles. The Kier molecular flexibility index (Phi) is 6.04. The minimum Gasteiger partial charge on any atom is -0.497 e. The van der Waals surface area contributed by atoms with Crippen LogP contribution in [0.3, 0.4) is 0 Å². The molecular weight excluding hydrogens is 338 g/mol. The zero-order valence-electron chi connectivity index (χ0n) is 16.7. The van der Waals surface area contributed by atoms with Crippen molar-refractivity contribution in [2.24, 2.45) is 0 Å². The van der Waals surface area contributed by atoms with Gasteiger partial charge < -0.3 is 14.4 Å². The summed E-state index contributed by atoms with van der Waals surface area (Å²) in [5.41, 5.74) is 4.84. The lowest BCUT2D eigenvalue weighted by Crippen LogP contribution is -2.31. The van der Waals surface area contributed by atoms with Crippen LogP contribution in [0.5, 0.6) is 11.5 Å². The third kappa shape index (κ3) is 4.26. The number of amides is 1. The first kappa shape index (κ1) is 19.3. The van der Waals surface area contributed by atoms with Crippen molar-refractivity contribution < 1.29 is 14.3 Å². The maximum absolute atomic E-state index is 13.0. The van der Waals surface area contributed by atoms with Crippen molar-refractivity contribution >= 4 is 5.91 Å². The van der Waals surface area contributed by atoms with E-state index < -0.39 is 0 Å². The molecule has 0 spiro atoms. The van der Waals surface area contributed by atoms with Crippen LogP contribution in [0.2, 0.25) is 0 Å². The van der Waals surface area contributed by atoms with Gasteiger partial charge in [-0.2, -0.15) is 0 Å². The number of carbonyl (C=O) groups excluding carboxylic acids is 1. The first-order chi connectivity index (χ1) is 13.0. The van der Waals surface area contributed by atoms with E-state index >= 15 is 0 Å². The van der Waals surface area contributed by atoms with Gasteiger partial charge in [-0.1, -0.05) is 23.8 Å². The number of likely N-dealkylation sites (tertiary alicyclic amines) is 1. The number of nitrogens with zero attached hydrogens (tertiary/aromatic N) is 1. The average Bonchev–Trinajstić information content (AvgIpc) is 3.16. The van der Waals surface area contributed by atoms with Gasteiger partial charge in [0.05, 0.1) is 20.3 Å². The zero-order valence-corrected chi connectivity index (χ0v) is 16.7. The number of methoxy groups -OCH3 is 2. The fraction of sp³-hybridized carbons (Fsp3) is 0.435.